The van der Waals surface area contributed by atoms with Gasteiger partial charge in [-0.25, -0.2) is 0 Å². The quantitative estimate of drug-likeness (QED) is 0.842. The van der Waals surface area contributed by atoms with E-state index in [0.29, 0.717) is 6.54 Å². The molecule has 0 aliphatic carbocycles. The van der Waals surface area contributed by atoms with Gasteiger partial charge in [-0.1, -0.05) is 6.07 Å². The van der Waals surface area contributed by atoms with Crippen LogP contribution in [0.2, 0.25) is 0 Å². The maximum Gasteiger partial charge on any atom is 0.266 e. The standard InChI is InChI=1S/C15H21N3O2/c1-10-7-11(2)14-12(8-10)17-15(19)13(20-14)9-18-5-3-16-4-6-18/h7-8,13,16H,3-6,9H2,1-2H3,(H,17,19). The molecule has 1 aromatic rings. The Bertz CT molecular complexity index is 524. The van der Waals surface area contributed by atoms with Crippen LogP contribution in [-0.4, -0.2) is 49.6 Å². The van der Waals surface area contributed by atoms with Gasteiger partial charge in [0.15, 0.2) is 6.10 Å². The third-order valence-corrected chi connectivity index (χ3v) is 3.86. The van der Waals surface area contributed by atoms with Crippen molar-refractivity contribution >= 4 is 11.6 Å². The second kappa shape index (κ2) is 5.42. The minimum atomic E-state index is -0.415. The first-order chi connectivity index (χ1) is 9.63. The number of amides is 1. The van der Waals surface area contributed by atoms with E-state index in [1.807, 2.05) is 19.9 Å². The van der Waals surface area contributed by atoms with E-state index >= 15 is 0 Å². The lowest BCUT2D eigenvalue weighted by Crippen LogP contribution is -2.51. The summed E-state index contributed by atoms with van der Waals surface area (Å²) < 4.78 is 5.96. The largest absolute Gasteiger partial charge is 0.477 e. The van der Waals surface area contributed by atoms with Crippen LogP contribution in [0.3, 0.4) is 0 Å². The van der Waals surface area contributed by atoms with Crippen molar-refractivity contribution in [2.24, 2.45) is 0 Å². The Kier molecular flexibility index (Phi) is 3.63. The number of ether oxygens (including phenoxy) is 1. The lowest BCUT2D eigenvalue weighted by atomic mass is 10.1. The molecule has 2 heterocycles. The first kappa shape index (κ1) is 13.4. The third kappa shape index (κ3) is 2.64. The predicted octanol–water partition coefficient (Wildman–Crippen LogP) is 0.908. The van der Waals surface area contributed by atoms with E-state index in [4.69, 9.17) is 4.74 Å². The van der Waals surface area contributed by atoms with Crippen molar-refractivity contribution in [1.82, 2.24) is 10.2 Å². The van der Waals surface area contributed by atoms with Crippen LogP contribution in [-0.2, 0) is 4.79 Å². The number of carbonyl (C=O) groups excluding carboxylic acids is 1. The van der Waals surface area contributed by atoms with Crippen molar-refractivity contribution in [2.75, 3.05) is 38.0 Å². The molecule has 1 atom stereocenters. The number of anilines is 1. The summed E-state index contributed by atoms with van der Waals surface area (Å²) in [6.07, 6.45) is -0.415. The topological polar surface area (TPSA) is 53.6 Å². The van der Waals surface area contributed by atoms with Crippen LogP contribution >= 0.6 is 0 Å². The van der Waals surface area contributed by atoms with E-state index in [2.05, 4.69) is 21.6 Å². The van der Waals surface area contributed by atoms with Crippen LogP contribution in [0, 0.1) is 13.8 Å². The first-order valence-electron chi connectivity index (χ1n) is 7.15. The van der Waals surface area contributed by atoms with Gasteiger partial charge in [-0.15, -0.1) is 0 Å². The Morgan fingerprint density at radius 3 is 2.80 bits per heavy atom. The SMILES string of the molecule is Cc1cc(C)c2c(c1)NC(=O)C(CN1CCNCC1)O2. The van der Waals surface area contributed by atoms with Gasteiger partial charge in [-0.3, -0.25) is 9.69 Å². The van der Waals surface area contributed by atoms with Crippen molar-refractivity contribution < 1.29 is 9.53 Å². The molecular weight excluding hydrogens is 254 g/mol. The number of piperazine rings is 1. The van der Waals surface area contributed by atoms with E-state index in [-0.39, 0.29) is 5.91 Å². The lowest BCUT2D eigenvalue weighted by Gasteiger charge is -2.33. The van der Waals surface area contributed by atoms with Crippen LogP contribution < -0.4 is 15.4 Å². The monoisotopic (exact) mass is 275 g/mol. The van der Waals surface area contributed by atoms with Crippen molar-refractivity contribution in [2.45, 2.75) is 20.0 Å². The molecule has 0 aromatic heterocycles. The van der Waals surface area contributed by atoms with Crippen molar-refractivity contribution in [3.05, 3.63) is 23.3 Å². The molecule has 5 heteroatoms. The molecule has 0 spiro atoms. The van der Waals surface area contributed by atoms with Crippen LogP contribution in [0.1, 0.15) is 11.1 Å². The van der Waals surface area contributed by atoms with Crippen LogP contribution in [0.15, 0.2) is 12.1 Å². The Hall–Kier alpha value is -1.59. The molecule has 1 unspecified atom stereocenters. The second-order valence-electron chi connectivity index (χ2n) is 5.60. The van der Waals surface area contributed by atoms with E-state index in [1.165, 1.54) is 0 Å². The fourth-order valence-electron chi connectivity index (χ4n) is 2.86. The predicted molar refractivity (Wildman–Crippen MR) is 78.3 cm³/mol. The van der Waals surface area contributed by atoms with Crippen LogP contribution in [0.4, 0.5) is 5.69 Å². The van der Waals surface area contributed by atoms with Gasteiger partial charge in [-0.05, 0) is 31.0 Å². The van der Waals surface area contributed by atoms with Gasteiger partial charge in [-0.2, -0.15) is 0 Å². The highest BCUT2D eigenvalue weighted by Gasteiger charge is 2.30. The molecule has 108 valence electrons. The van der Waals surface area contributed by atoms with Gasteiger partial charge in [0, 0.05) is 32.7 Å². The van der Waals surface area contributed by atoms with Gasteiger partial charge in [0.2, 0.25) is 0 Å². The van der Waals surface area contributed by atoms with E-state index in [9.17, 15) is 4.79 Å². The van der Waals surface area contributed by atoms with Crippen LogP contribution in [0.5, 0.6) is 5.75 Å². The van der Waals surface area contributed by atoms with Crippen LogP contribution in [0.25, 0.3) is 0 Å². The highest BCUT2D eigenvalue weighted by atomic mass is 16.5. The molecular formula is C15H21N3O2. The molecule has 1 saturated heterocycles. The number of carbonyl (C=O) groups is 1. The fraction of sp³-hybridized carbons (Fsp3) is 0.533. The molecule has 2 N–H and O–H groups in total. The maximum atomic E-state index is 12.2. The van der Waals surface area contributed by atoms with E-state index < -0.39 is 6.10 Å². The summed E-state index contributed by atoms with van der Waals surface area (Å²) in [6.45, 7) is 8.57. The highest BCUT2D eigenvalue weighted by Crippen LogP contribution is 2.34. The number of benzene rings is 1. The molecule has 1 fully saturated rings. The number of hydrogen-bond donors (Lipinski definition) is 2. The lowest BCUT2D eigenvalue weighted by molar-refractivity contribution is -0.124. The summed E-state index contributed by atoms with van der Waals surface area (Å²) in [6, 6.07) is 4.04. The molecule has 1 amide bonds. The average Bonchev–Trinajstić information content (AvgIpc) is 2.41. The van der Waals surface area contributed by atoms with Crippen molar-refractivity contribution in [1.29, 1.82) is 0 Å². The summed E-state index contributed by atoms with van der Waals surface area (Å²) in [5.74, 6) is 0.774. The fourth-order valence-corrected chi connectivity index (χ4v) is 2.86. The Balaban J connectivity index is 1.76. The zero-order valence-electron chi connectivity index (χ0n) is 12.0. The normalized spacial score (nSPS) is 22.9. The van der Waals surface area contributed by atoms with Gasteiger partial charge < -0.3 is 15.4 Å². The summed E-state index contributed by atoms with van der Waals surface area (Å²) in [5.41, 5.74) is 3.00. The second-order valence-corrected chi connectivity index (χ2v) is 5.60. The molecule has 5 nitrogen and oxygen atoms in total. The zero-order valence-corrected chi connectivity index (χ0v) is 12.0. The van der Waals surface area contributed by atoms with Gasteiger partial charge in [0.05, 0.1) is 5.69 Å². The Morgan fingerprint density at radius 1 is 1.30 bits per heavy atom. The first-order valence-corrected chi connectivity index (χ1v) is 7.15. The summed E-state index contributed by atoms with van der Waals surface area (Å²) in [7, 11) is 0. The summed E-state index contributed by atoms with van der Waals surface area (Å²) in [4.78, 5) is 14.4. The van der Waals surface area contributed by atoms with Gasteiger partial charge in [0.1, 0.15) is 5.75 Å². The van der Waals surface area contributed by atoms with E-state index in [1.54, 1.807) is 0 Å². The zero-order chi connectivity index (χ0) is 14.1. The molecule has 1 aromatic carbocycles. The number of fused-ring (bicyclic) bond motifs is 1. The molecule has 20 heavy (non-hydrogen) atoms. The van der Waals surface area contributed by atoms with Crippen molar-refractivity contribution in [3.8, 4) is 5.75 Å². The number of rotatable bonds is 2. The molecule has 0 bridgehead atoms. The number of hydrogen-bond acceptors (Lipinski definition) is 4. The molecule has 2 aliphatic heterocycles. The summed E-state index contributed by atoms with van der Waals surface area (Å²) >= 11 is 0. The van der Waals surface area contributed by atoms with Gasteiger partial charge in [0.25, 0.3) is 5.91 Å². The van der Waals surface area contributed by atoms with E-state index in [0.717, 1.165) is 48.7 Å². The molecule has 2 aliphatic rings. The molecule has 3 rings (SSSR count). The molecule has 0 saturated carbocycles. The van der Waals surface area contributed by atoms with Gasteiger partial charge >= 0.3 is 0 Å². The number of aryl methyl sites for hydroxylation is 2. The minimum absolute atomic E-state index is 0.0407. The van der Waals surface area contributed by atoms with Crippen molar-refractivity contribution in [3.63, 3.8) is 0 Å². The number of nitrogens with one attached hydrogen (secondary N) is 2. The maximum absolute atomic E-state index is 12.2. The average molecular weight is 275 g/mol. The highest BCUT2D eigenvalue weighted by molar-refractivity contribution is 5.98. The minimum Gasteiger partial charge on any atom is -0.477 e. The Morgan fingerprint density at radius 2 is 2.05 bits per heavy atom. The number of nitrogens with zero attached hydrogens (tertiary/aromatic N) is 1. The Labute approximate surface area is 119 Å². The third-order valence-electron chi connectivity index (χ3n) is 3.86. The summed E-state index contributed by atoms with van der Waals surface area (Å²) in [5, 5.41) is 6.29. The smallest absolute Gasteiger partial charge is 0.266 e. The molecule has 0 radical (unpaired) electrons.